The minimum absolute atomic E-state index is 0.0250. The van der Waals surface area contributed by atoms with E-state index in [4.69, 9.17) is 0 Å². The van der Waals surface area contributed by atoms with E-state index >= 15 is 0 Å². The minimum Gasteiger partial charge on any atom is -0.337 e. The van der Waals surface area contributed by atoms with Crippen LogP contribution in [0.3, 0.4) is 0 Å². The molecule has 1 N–H and O–H groups in total. The van der Waals surface area contributed by atoms with Gasteiger partial charge in [-0.3, -0.25) is 14.5 Å². The number of nitrogens with one attached hydrogen (secondary N) is 1. The van der Waals surface area contributed by atoms with Crippen molar-refractivity contribution < 1.29 is 14.4 Å². The zero-order valence-electron chi connectivity index (χ0n) is 16.9. The SMILES string of the molecule is Cc1ccc(C2(C)NC(=O)N(CC(=O)N(C)C3CCc4ccccc43)C2=O)cc1. The van der Waals surface area contributed by atoms with Gasteiger partial charge in [0.25, 0.3) is 5.91 Å². The van der Waals surface area contributed by atoms with Gasteiger partial charge in [-0.1, -0.05) is 54.1 Å². The highest BCUT2D eigenvalue weighted by Crippen LogP contribution is 2.35. The van der Waals surface area contributed by atoms with Crippen LogP contribution in [-0.4, -0.2) is 41.2 Å². The fourth-order valence-electron chi connectivity index (χ4n) is 4.28. The van der Waals surface area contributed by atoms with Gasteiger partial charge in [0.05, 0.1) is 6.04 Å². The number of imide groups is 1. The van der Waals surface area contributed by atoms with Crippen LogP contribution < -0.4 is 5.32 Å². The first-order valence-electron chi connectivity index (χ1n) is 9.86. The van der Waals surface area contributed by atoms with Crippen LogP contribution in [0, 0.1) is 6.92 Å². The summed E-state index contributed by atoms with van der Waals surface area (Å²) in [6.07, 6.45) is 1.77. The van der Waals surface area contributed by atoms with Gasteiger partial charge in [0, 0.05) is 7.05 Å². The molecule has 150 valence electrons. The summed E-state index contributed by atoms with van der Waals surface area (Å²) in [5, 5.41) is 2.76. The summed E-state index contributed by atoms with van der Waals surface area (Å²) in [6, 6.07) is 15.0. The summed E-state index contributed by atoms with van der Waals surface area (Å²) >= 11 is 0. The molecule has 1 fully saturated rings. The normalized spacial score (nSPS) is 23.1. The second-order valence-corrected chi connectivity index (χ2v) is 8.07. The smallest absolute Gasteiger partial charge is 0.325 e. The quantitative estimate of drug-likeness (QED) is 0.815. The lowest BCUT2D eigenvalue weighted by molar-refractivity contribution is -0.139. The third-order valence-corrected chi connectivity index (χ3v) is 6.16. The molecule has 2 atom stereocenters. The highest BCUT2D eigenvalue weighted by atomic mass is 16.2. The molecule has 29 heavy (non-hydrogen) atoms. The number of aryl methyl sites for hydroxylation is 2. The molecule has 0 bridgehead atoms. The van der Waals surface area contributed by atoms with E-state index in [1.54, 1.807) is 18.9 Å². The van der Waals surface area contributed by atoms with E-state index in [0.29, 0.717) is 5.56 Å². The second kappa shape index (κ2) is 7.03. The van der Waals surface area contributed by atoms with Crippen molar-refractivity contribution in [1.29, 1.82) is 0 Å². The number of fused-ring (bicyclic) bond motifs is 1. The van der Waals surface area contributed by atoms with Gasteiger partial charge in [-0.15, -0.1) is 0 Å². The van der Waals surface area contributed by atoms with Crippen LogP contribution in [0.5, 0.6) is 0 Å². The molecule has 0 saturated carbocycles. The Hall–Kier alpha value is -3.15. The largest absolute Gasteiger partial charge is 0.337 e. The van der Waals surface area contributed by atoms with Crippen molar-refractivity contribution in [2.24, 2.45) is 0 Å². The van der Waals surface area contributed by atoms with Gasteiger partial charge in [0.1, 0.15) is 12.1 Å². The summed E-state index contributed by atoms with van der Waals surface area (Å²) in [5.41, 5.74) is 3.00. The lowest BCUT2D eigenvalue weighted by Crippen LogP contribution is -2.44. The second-order valence-electron chi connectivity index (χ2n) is 8.07. The van der Waals surface area contributed by atoms with E-state index in [1.807, 2.05) is 49.4 Å². The molecule has 4 amide bonds. The molecule has 0 spiro atoms. The third-order valence-electron chi connectivity index (χ3n) is 6.16. The Bertz CT molecular complexity index is 985. The lowest BCUT2D eigenvalue weighted by Gasteiger charge is -2.27. The average molecular weight is 391 g/mol. The number of hydrogen-bond donors (Lipinski definition) is 1. The molecule has 0 radical (unpaired) electrons. The summed E-state index contributed by atoms with van der Waals surface area (Å²) in [5.74, 6) is -0.650. The molecule has 2 aliphatic rings. The number of carbonyl (C=O) groups is 3. The molecule has 0 aromatic heterocycles. The van der Waals surface area contributed by atoms with Crippen LogP contribution in [0.15, 0.2) is 48.5 Å². The predicted octanol–water partition coefficient (Wildman–Crippen LogP) is 2.91. The third kappa shape index (κ3) is 3.18. The van der Waals surface area contributed by atoms with Crippen molar-refractivity contribution in [2.75, 3.05) is 13.6 Å². The van der Waals surface area contributed by atoms with E-state index in [0.717, 1.165) is 28.9 Å². The number of urea groups is 1. The van der Waals surface area contributed by atoms with E-state index in [2.05, 4.69) is 11.4 Å². The molecule has 1 heterocycles. The number of amides is 4. The summed E-state index contributed by atoms with van der Waals surface area (Å²) in [4.78, 5) is 41.2. The molecule has 2 unspecified atom stereocenters. The maximum absolute atomic E-state index is 13.1. The molecule has 2 aromatic rings. The summed E-state index contributed by atoms with van der Waals surface area (Å²) in [7, 11) is 1.74. The Morgan fingerprint density at radius 2 is 1.86 bits per heavy atom. The van der Waals surface area contributed by atoms with E-state index in [1.165, 1.54) is 5.56 Å². The number of benzene rings is 2. The maximum atomic E-state index is 13.1. The van der Waals surface area contributed by atoms with Gasteiger partial charge < -0.3 is 10.2 Å². The zero-order valence-corrected chi connectivity index (χ0v) is 16.9. The number of likely N-dealkylation sites (N-methyl/N-ethyl adjacent to an activating group) is 1. The first-order chi connectivity index (χ1) is 13.8. The fourth-order valence-corrected chi connectivity index (χ4v) is 4.28. The molecule has 1 aliphatic carbocycles. The van der Waals surface area contributed by atoms with E-state index in [-0.39, 0.29) is 18.5 Å². The minimum atomic E-state index is -1.16. The van der Waals surface area contributed by atoms with Crippen LogP contribution in [0.1, 0.15) is 41.6 Å². The molecule has 4 rings (SSSR count). The molecular weight excluding hydrogens is 366 g/mol. The average Bonchev–Trinajstić information content (AvgIpc) is 3.23. The van der Waals surface area contributed by atoms with Crippen LogP contribution in [0.25, 0.3) is 0 Å². The Kier molecular flexibility index (Phi) is 4.65. The molecule has 6 nitrogen and oxygen atoms in total. The first-order valence-corrected chi connectivity index (χ1v) is 9.86. The maximum Gasteiger partial charge on any atom is 0.325 e. The van der Waals surface area contributed by atoms with Crippen LogP contribution in [0.4, 0.5) is 4.79 Å². The van der Waals surface area contributed by atoms with Crippen molar-refractivity contribution in [1.82, 2.24) is 15.1 Å². The molecular formula is C23H25N3O3. The van der Waals surface area contributed by atoms with Crippen molar-refractivity contribution in [3.8, 4) is 0 Å². The van der Waals surface area contributed by atoms with Crippen LogP contribution in [-0.2, 0) is 21.5 Å². The van der Waals surface area contributed by atoms with Crippen molar-refractivity contribution in [3.63, 3.8) is 0 Å². The lowest BCUT2D eigenvalue weighted by atomic mass is 9.91. The molecule has 2 aromatic carbocycles. The van der Waals surface area contributed by atoms with E-state index in [9.17, 15) is 14.4 Å². The highest BCUT2D eigenvalue weighted by Gasteiger charge is 2.49. The van der Waals surface area contributed by atoms with Crippen LogP contribution >= 0.6 is 0 Å². The molecule has 1 aliphatic heterocycles. The first kappa shape index (κ1) is 19.2. The predicted molar refractivity (Wildman–Crippen MR) is 109 cm³/mol. The highest BCUT2D eigenvalue weighted by molar-refractivity contribution is 6.09. The van der Waals surface area contributed by atoms with Crippen molar-refractivity contribution in [3.05, 3.63) is 70.8 Å². The van der Waals surface area contributed by atoms with E-state index < -0.39 is 17.5 Å². The van der Waals surface area contributed by atoms with Crippen LogP contribution in [0.2, 0.25) is 0 Å². The number of hydrogen-bond acceptors (Lipinski definition) is 3. The number of rotatable bonds is 4. The Balaban J connectivity index is 1.51. The van der Waals surface area contributed by atoms with Gasteiger partial charge >= 0.3 is 6.03 Å². The zero-order chi connectivity index (χ0) is 20.8. The monoisotopic (exact) mass is 391 g/mol. The fraction of sp³-hybridized carbons (Fsp3) is 0.348. The van der Waals surface area contributed by atoms with Gasteiger partial charge in [-0.2, -0.15) is 0 Å². The van der Waals surface area contributed by atoms with Gasteiger partial charge in [0.15, 0.2) is 0 Å². The molecule has 1 saturated heterocycles. The topological polar surface area (TPSA) is 69.7 Å². The van der Waals surface area contributed by atoms with Gasteiger partial charge in [-0.25, -0.2) is 4.79 Å². The Morgan fingerprint density at radius 1 is 1.17 bits per heavy atom. The number of nitrogens with zero attached hydrogens (tertiary/aromatic N) is 2. The van der Waals surface area contributed by atoms with Crippen molar-refractivity contribution in [2.45, 2.75) is 38.3 Å². The van der Waals surface area contributed by atoms with Gasteiger partial charge in [-0.05, 0) is 43.4 Å². The standard InChI is InChI=1S/C23H25N3O3/c1-15-8-11-17(12-9-15)23(2)21(28)26(22(29)24-23)14-20(27)25(3)19-13-10-16-6-4-5-7-18(16)19/h4-9,11-12,19H,10,13-14H2,1-3H3,(H,24,29). The molecule has 6 heteroatoms. The summed E-state index contributed by atoms with van der Waals surface area (Å²) in [6.45, 7) is 3.38. The Morgan fingerprint density at radius 3 is 2.59 bits per heavy atom. The van der Waals surface area contributed by atoms with Crippen molar-refractivity contribution >= 4 is 17.8 Å². The van der Waals surface area contributed by atoms with Gasteiger partial charge in [0.2, 0.25) is 5.91 Å². The Labute approximate surface area is 170 Å². The number of carbonyl (C=O) groups excluding carboxylic acids is 3. The summed E-state index contributed by atoms with van der Waals surface area (Å²) < 4.78 is 0.